The molecule has 1 amide bonds. The van der Waals surface area contributed by atoms with E-state index in [1.165, 1.54) is 6.26 Å². The van der Waals surface area contributed by atoms with Crippen molar-refractivity contribution in [2.45, 2.75) is 26.8 Å². The number of aliphatic carboxylic acids is 1. The number of carboxylic acid groups (broad SMARTS) is 1. The lowest BCUT2D eigenvalue weighted by atomic mass is 10.1. The van der Waals surface area contributed by atoms with Gasteiger partial charge in [-0.25, -0.2) is 0 Å². The minimum atomic E-state index is -1.02. The van der Waals surface area contributed by atoms with E-state index >= 15 is 0 Å². The largest absolute Gasteiger partial charge is 0.481 e. The Hall–Kier alpha value is -2.56. The van der Waals surface area contributed by atoms with Gasteiger partial charge >= 0.3 is 5.97 Å². The highest BCUT2D eigenvalue weighted by Crippen LogP contribution is 2.20. The van der Waals surface area contributed by atoms with Gasteiger partial charge in [-0.15, -0.1) is 0 Å². The Morgan fingerprint density at radius 1 is 1.27 bits per heavy atom. The highest BCUT2D eigenvalue weighted by atomic mass is 16.4. The van der Waals surface area contributed by atoms with Gasteiger partial charge in [-0.3, -0.25) is 9.59 Å². The first-order chi connectivity index (χ1) is 10.4. The molecule has 1 heterocycles. The summed E-state index contributed by atoms with van der Waals surface area (Å²) in [6.07, 6.45) is 1.12. The summed E-state index contributed by atoms with van der Waals surface area (Å²) in [7, 11) is 1.70. The van der Waals surface area contributed by atoms with Crippen molar-refractivity contribution in [1.82, 2.24) is 4.90 Å². The van der Waals surface area contributed by atoms with Gasteiger partial charge in [0.25, 0.3) is 5.91 Å². The van der Waals surface area contributed by atoms with Crippen LogP contribution in [0.3, 0.4) is 0 Å². The van der Waals surface area contributed by atoms with Crippen LogP contribution in [0.25, 0.3) is 0 Å². The van der Waals surface area contributed by atoms with Crippen LogP contribution < -0.4 is 0 Å². The number of carboxylic acids is 1. The number of hydrogen-bond donors (Lipinski definition) is 1. The lowest BCUT2D eigenvalue weighted by Crippen LogP contribution is -2.27. The maximum atomic E-state index is 12.6. The van der Waals surface area contributed by atoms with Crippen molar-refractivity contribution < 1.29 is 19.1 Å². The molecule has 116 valence electrons. The molecule has 0 aliphatic carbocycles. The summed E-state index contributed by atoms with van der Waals surface area (Å²) in [4.78, 5) is 25.0. The fourth-order valence-corrected chi connectivity index (χ4v) is 2.40. The molecular formula is C17H19NO4. The molecule has 0 atom stereocenters. The molecule has 5 nitrogen and oxygen atoms in total. The number of carbonyl (C=O) groups excluding carboxylic acids is 1. The Kier molecular flexibility index (Phi) is 4.65. The summed E-state index contributed by atoms with van der Waals surface area (Å²) >= 11 is 0. The van der Waals surface area contributed by atoms with Gasteiger partial charge in [-0.05, 0) is 19.4 Å². The molecule has 22 heavy (non-hydrogen) atoms. The molecule has 0 radical (unpaired) electrons. The second kappa shape index (κ2) is 6.47. The van der Waals surface area contributed by atoms with Gasteiger partial charge in [0.1, 0.15) is 12.2 Å². The fraction of sp³-hybridized carbons (Fsp3) is 0.294. The van der Waals surface area contributed by atoms with Crippen molar-refractivity contribution >= 4 is 11.9 Å². The van der Waals surface area contributed by atoms with Crippen LogP contribution in [0.1, 0.15) is 32.8 Å². The lowest BCUT2D eigenvalue weighted by Gasteiger charge is -2.18. The molecule has 0 aliphatic heterocycles. The summed E-state index contributed by atoms with van der Waals surface area (Å²) in [5, 5.41) is 8.90. The molecule has 2 aromatic rings. The Bertz CT molecular complexity index is 702. The summed E-state index contributed by atoms with van der Waals surface area (Å²) in [6, 6.07) is 7.92. The first kappa shape index (κ1) is 15.8. The van der Waals surface area contributed by atoms with Crippen LogP contribution in [0, 0.1) is 13.8 Å². The van der Waals surface area contributed by atoms with E-state index in [9.17, 15) is 9.59 Å². The van der Waals surface area contributed by atoms with Gasteiger partial charge in [0.2, 0.25) is 0 Å². The van der Waals surface area contributed by atoms with Gasteiger partial charge in [-0.2, -0.15) is 0 Å². The summed E-state index contributed by atoms with van der Waals surface area (Å²) < 4.78 is 5.22. The van der Waals surface area contributed by atoms with Crippen molar-refractivity contribution in [2.24, 2.45) is 0 Å². The zero-order chi connectivity index (χ0) is 16.3. The van der Waals surface area contributed by atoms with Crippen LogP contribution in [0.4, 0.5) is 0 Å². The van der Waals surface area contributed by atoms with Crippen molar-refractivity contribution in [3.8, 4) is 0 Å². The molecule has 1 aromatic carbocycles. The average Bonchev–Trinajstić information content (AvgIpc) is 2.78. The quantitative estimate of drug-likeness (QED) is 0.922. The van der Waals surface area contributed by atoms with Crippen LogP contribution in [0.5, 0.6) is 0 Å². The number of hydrogen-bond acceptors (Lipinski definition) is 3. The van der Waals surface area contributed by atoms with Crippen molar-refractivity contribution in [3.05, 3.63) is 58.5 Å². The van der Waals surface area contributed by atoms with E-state index in [1.54, 1.807) is 18.9 Å². The predicted octanol–water partition coefficient (Wildman–Crippen LogP) is 2.80. The minimum Gasteiger partial charge on any atom is -0.481 e. The summed E-state index contributed by atoms with van der Waals surface area (Å²) in [6.45, 7) is 4.19. The van der Waals surface area contributed by atoms with Crippen LogP contribution >= 0.6 is 0 Å². The molecule has 0 fully saturated rings. The van der Waals surface area contributed by atoms with E-state index in [4.69, 9.17) is 9.52 Å². The van der Waals surface area contributed by atoms with Gasteiger partial charge in [0.05, 0.1) is 11.8 Å². The van der Waals surface area contributed by atoms with E-state index in [2.05, 4.69) is 0 Å². The zero-order valence-electron chi connectivity index (χ0n) is 12.9. The number of rotatable bonds is 5. The maximum absolute atomic E-state index is 12.6. The molecule has 1 aromatic heterocycles. The monoisotopic (exact) mass is 301 g/mol. The van der Waals surface area contributed by atoms with Crippen LogP contribution in [0.2, 0.25) is 0 Å². The topological polar surface area (TPSA) is 70.8 Å². The van der Waals surface area contributed by atoms with Gasteiger partial charge in [0.15, 0.2) is 0 Å². The SMILES string of the molecule is Cc1cccc(CN(C)C(=O)c2c(C)coc2CC(=O)O)c1. The van der Waals surface area contributed by atoms with E-state index in [1.807, 2.05) is 31.2 Å². The first-order valence-corrected chi connectivity index (χ1v) is 6.98. The fourth-order valence-electron chi connectivity index (χ4n) is 2.40. The summed E-state index contributed by atoms with van der Waals surface area (Å²) in [5.41, 5.74) is 3.15. The third-order valence-corrected chi connectivity index (χ3v) is 3.43. The third-order valence-electron chi connectivity index (χ3n) is 3.43. The van der Waals surface area contributed by atoms with Gasteiger partial charge in [-0.1, -0.05) is 29.8 Å². The number of aryl methyl sites for hydroxylation is 2. The van der Waals surface area contributed by atoms with Crippen molar-refractivity contribution in [1.29, 1.82) is 0 Å². The predicted molar refractivity (Wildman–Crippen MR) is 81.8 cm³/mol. The third kappa shape index (κ3) is 3.55. The first-order valence-electron chi connectivity index (χ1n) is 6.98. The molecule has 0 saturated heterocycles. The molecule has 0 saturated carbocycles. The molecule has 2 rings (SSSR count). The molecule has 0 spiro atoms. The van der Waals surface area contributed by atoms with Crippen molar-refractivity contribution in [3.63, 3.8) is 0 Å². The number of benzene rings is 1. The Balaban J connectivity index is 2.20. The van der Waals surface area contributed by atoms with E-state index in [0.717, 1.165) is 11.1 Å². The normalized spacial score (nSPS) is 10.5. The van der Waals surface area contributed by atoms with Gasteiger partial charge in [0, 0.05) is 19.2 Å². The Morgan fingerprint density at radius 3 is 2.64 bits per heavy atom. The Morgan fingerprint density at radius 2 is 2.00 bits per heavy atom. The van der Waals surface area contributed by atoms with Crippen LogP contribution in [-0.4, -0.2) is 28.9 Å². The Labute approximate surface area is 129 Å². The highest BCUT2D eigenvalue weighted by molar-refractivity contribution is 5.97. The number of amides is 1. The molecule has 0 unspecified atom stereocenters. The summed E-state index contributed by atoms with van der Waals surface area (Å²) in [5.74, 6) is -1.06. The smallest absolute Gasteiger partial charge is 0.311 e. The molecule has 5 heteroatoms. The van der Waals surface area contributed by atoms with Gasteiger partial charge < -0.3 is 14.4 Å². The number of furan rings is 1. The lowest BCUT2D eigenvalue weighted by molar-refractivity contribution is -0.136. The van der Waals surface area contributed by atoms with E-state index in [-0.39, 0.29) is 18.1 Å². The van der Waals surface area contributed by atoms with Crippen molar-refractivity contribution in [2.75, 3.05) is 7.05 Å². The van der Waals surface area contributed by atoms with E-state index < -0.39 is 5.97 Å². The highest BCUT2D eigenvalue weighted by Gasteiger charge is 2.23. The van der Waals surface area contributed by atoms with Crippen LogP contribution in [-0.2, 0) is 17.8 Å². The molecular weight excluding hydrogens is 282 g/mol. The minimum absolute atomic E-state index is 0.200. The zero-order valence-corrected chi connectivity index (χ0v) is 12.9. The second-order valence-corrected chi connectivity index (χ2v) is 5.44. The molecule has 0 aliphatic rings. The second-order valence-electron chi connectivity index (χ2n) is 5.44. The maximum Gasteiger partial charge on any atom is 0.311 e. The number of nitrogens with zero attached hydrogens (tertiary/aromatic N) is 1. The van der Waals surface area contributed by atoms with Crippen LogP contribution in [0.15, 0.2) is 34.9 Å². The molecule has 1 N–H and O–H groups in total. The molecule has 0 bridgehead atoms. The number of carbonyl (C=O) groups is 2. The average molecular weight is 301 g/mol. The standard InChI is InChI=1S/C17H19NO4/c1-11-5-4-6-13(7-11)9-18(3)17(21)16-12(2)10-22-14(16)8-15(19)20/h4-7,10H,8-9H2,1-3H3,(H,19,20). The van der Waals surface area contributed by atoms with E-state index in [0.29, 0.717) is 17.7 Å².